The molecule has 0 bridgehead atoms. The number of thiazole rings is 1. The molecule has 284 valence electrons. The lowest BCUT2D eigenvalue weighted by Gasteiger charge is -2.30. The van der Waals surface area contributed by atoms with Crippen LogP contribution in [0.4, 0.5) is 4.79 Å². The number of hydrogen-bond donors (Lipinski definition) is 2. The Kier molecular flexibility index (Phi) is 9.71. The normalized spacial score (nSPS) is 26.4. The first-order chi connectivity index (χ1) is 25.2. The Morgan fingerprint density at radius 3 is 2.62 bits per heavy atom. The smallest absolute Gasteiger partial charge is 0.319 e. The summed E-state index contributed by atoms with van der Waals surface area (Å²) < 4.78 is 39.8. The Morgan fingerprint density at radius 2 is 1.92 bits per heavy atom. The topological polar surface area (TPSA) is 160 Å². The number of benzene rings is 1. The van der Waals surface area contributed by atoms with Crippen molar-refractivity contribution >= 4 is 50.1 Å². The number of nitrogens with zero attached hydrogens (tertiary/aromatic N) is 4. The molecule has 2 N–H and O–H groups in total. The first kappa shape index (κ1) is 37.1. The number of sulfonamides is 1. The maximum Gasteiger partial charge on any atom is 0.319 e. The van der Waals surface area contributed by atoms with Crippen molar-refractivity contribution in [1.82, 2.24) is 29.8 Å². The molecule has 0 spiro atoms. The molecule has 13 nitrogen and oxygen atoms in total. The quantitative estimate of drug-likeness (QED) is 0.291. The van der Waals surface area contributed by atoms with Gasteiger partial charge < -0.3 is 24.6 Å². The summed E-state index contributed by atoms with van der Waals surface area (Å²) in [5.41, 5.74) is 1.69. The lowest BCUT2D eigenvalue weighted by molar-refractivity contribution is -0.134. The van der Waals surface area contributed by atoms with E-state index in [4.69, 9.17) is 19.4 Å². The molecule has 3 aromatic rings. The molecule has 2 aromatic heterocycles. The van der Waals surface area contributed by atoms with E-state index in [1.165, 1.54) is 16.2 Å². The number of allylic oxidation sites excluding steroid dienone is 1. The average Bonchev–Trinajstić information content (AvgIpc) is 3.89. The molecule has 4 amide bonds. The number of carbonyl (C=O) groups is 3. The van der Waals surface area contributed by atoms with Crippen LogP contribution in [0.5, 0.6) is 11.5 Å². The second-order valence-electron chi connectivity index (χ2n) is 15.5. The van der Waals surface area contributed by atoms with Crippen LogP contribution in [0.1, 0.15) is 82.9 Å². The van der Waals surface area contributed by atoms with Crippen LogP contribution >= 0.6 is 11.3 Å². The zero-order valence-electron chi connectivity index (χ0n) is 31.1. The largest absolute Gasteiger partial charge is 0.496 e. The third-order valence-corrected chi connectivity index (χ3v) is 14.3. The van der Waals surface area contributed by atoms with E-state index in [0.29, 0.717) is 42.1 Å². The minimum Gasteiger partial charge on any atom is -0.496 e. The summed E-state index contributed by atoms with van der Waals surface area (Å²) in [7, 11) is -0.589. The Balaban J connectivity index is 1.21. The fourth-order valence-corrected chi connectivity index (χ4v) is 9.51. The number of hydrogen-bond acceptors (Lipinski definition) is 10. The van der Waals surface area contributed by atoms with Crippen molar-refractivity contribution in [3.63, 3.8) is 0 Å². The van der Waals surface area contributed by atoms with Crippen molar-refractivity contribution in [1.29, 1.82) is 0 Å². The SMILES string of the molecule is COc1ccc2c(O[C@H]3C[C@H]4C(=O)N(C)CCCC/C=C/[C@@H]5C[C@@]5(C(=O)NS(=O)(=O)C5(C)CC5)NC(=O)N4C3)cc(-c3nc(C(C)C)cs3)nc2c1C. The van der Waals surface area contributed by atoms with Gasteiger partial charge in [0, 0.05) is 48.3 Å². The van der Waals surface area contributed by atoms with Crippen LogP contribution in [-0.2, 0) is 19.6 Å². The molecule has 1 aromatic carbocycles. The van der Waals surface area contributed by atoms with Crippen LogP contribution in [-0.4, -0.2) is 95.7 Å². The number of likely N-dealkylation sites (N-methyl/N-ethyl adjacent to an activating group) is 1. The molecule has 7 rings (SSSR count). The third kappa shape index (κ3) is 6.97. The molecule has 2 aliphatic carbocycles. The number of urea groups is 1. The van der Waals surface area contributed by atoms with E-state index >= 15 is 0 Å². The predicted molar refractivity (Wildman–Crippen MR) is 202 cm³/mol. The van der Waals surface area contributed by atoms with E-state index in [9.17, 15) is 22.8 Å². The highest BCUT2D eigenvalue weighted by Crippen LogP contribution is 2.48. The number of methoxy groups -OCH3 is 1. The van der Waals surface area contributed by atoms with E-state index in [-0.39, 0.29) is 37.1 Å². The number of amides is 4. The van der Waals surface area contributed by atoms with Crippen LogP contribution in [0.3, 0.4) is 0 Å². The summed E-state index contributed by atoms with van der Waals surface area (Å²) >= 11 is 1.51. The van der Waals surface area contributed by atoms with E-state index in [1.54, 1.807) is 26.0 Å². The second kappa shape index (κ2) is 13.9. The van der Waals surface area contributed by atoms with Crippen molar-refractivity contribution in [2.45, 2.75) is 101 Å². The molecule has 2 saturated carbocycles. The predicted octanol–water partition coefficient (Wildman–Crippen LogP) is 5.29. The van der Waals surface area contributed by atoms with Gasteiger partial charge in [0.25, 0.3) is 5.91 Å². The number of rotatable bonds is 8. The van der Waals surface area contributed by atoms with Gasteiger partial charge in [-0.15, -0.1) is 11.3 Å². The fourth-order valence-electron chi connectivity index (χ4n) is 7.26. The highest BCUT2D eigenvalue weighted by atomic mass is 32.2. The number of ether oxygens (including phenoxy) is 2. The minimum atomic E-state index is -3.94. The van der Waals surface area contributed by atoms with Crippen molar-refractivity contribution < 1.29 is 32.3 Å². The summed E-state index contributed by atoms with van der Waals surface area (Å²) in [6.45, 7) is 8.32. The van der Waals surface area contributed by atoms with Gasteiger partial charge in [-0.05, 0) is 70.4 Å². The zero-order chi connectivity index (χ0) is 37.9. The number of nitrogens with one attached hydrogen (secondary N) is 2. The van der Waals surface area contributed by atoms with E-state index in [1.807, 2.05) is 42.7 Å². The molecule has 4 atom stereocenters. The molecule has 4 heterocycles. The van der Waals surface area contributed by atoms with Crippen molar-refractivity contribution in [3.8, 4) is 22.2 Å². The van der Waals surface area contributed by atoms with Gasteiger partial charge in [-0.1, -0.05) is 26.0 Å². The summed E-state index contributed by atoms with van der Waals surface area (Å²) in [6.07, 6.45) is 7.02. The number of pyridine rings is 1. The van der Waals surface area contributed by atoms with Crippen LogP contribution in [0.25, 0.3) is 21.6 Å². The highest BCUT2D eigenvalue weighted by molar-refractivity contribution is 7.91. The minimum absolute atomic E-state index is 0.0632. The summed E-state index contributed by atoms with van der Waals surface area (Å²) in [6, 6.07) is 4.14. The van der Waals surface area contributed by atoms with Crippen LogP contribution in [0.15, 0.2) is 35.7 Å². The number of aromatic nitrogens is 2. The van der Waals surface area contributed by atoms with Gasteiger partial charge in [0.1, 0.15) is 39.9 Å². The molecule has 15 heteroatoms. The van der Waals surface area contributed by atoms with Gasteiger partial charge in [0.05, 0.1) is 29.6 Å². The first-order valence-corrected chi connectivity index (χ1v) is 20.7. The molecule has 0 radical (unpaired) electrons. The maximum absolute atomic E-state index is 14.3. The highest BCUT2D eigenvalue weighted by Gasteiger charge is 2.63. The van der Waals surface area contributed by atoms with Gasteiger partial charge >= 0.3 is 6.03 Å². The molecule has 53 heavy (non-hydrogen) atoms. The van der Waals surface area contributed by atoms with Crippen LogP contribution in [0.2, 0.25) is 0 Å². The zero-order valence-corrected chi connectivity index (χ0v) is 32.7. The monoisotopic (exact) mass is 764 g/mol. The number of fused-ring (bicyclic) bond motifs is 3. The summed E-state index contributed by atoms with van der Waals surface area (Å²) in [4.78, 5) is 55.0. The maximum atomic E-state index is 14.3. The van der Waals surface area contributed by atoms with E-state index in [2.05, 4.69) is 23.9 Å². The Bertz CT molecular complexity index is 2090. The summed E-state index contributed by atoms with van der Waals surface area (Å²) in [5, 5.41) is 6.43. The molecule has 2 aliphatic heterocycles. The Hall–Kier alpha value is -4.24. The van der Waals surface area contributed by atoms with Gasteiger partial charge in [-0.2, -0.15) is 0 Å². The van der Waals surface area contributed by atoms with Crippen molar-refractivity contribution in [3.05, 3.63) is 47.0 Å². The van der Waals surface area contributed by atoms with Gasteiger partial charge in [0.2, 0.25) is 15.9 Å². The second-order valence-corrected chi connectivity index (χ2v) is 18.5. The molecule has 3 fully saturated rings. The molecular formula is C38H48N6O7S2. The van der Waals surface area contributed by atoms with Gasteiger partial charge in [-0.25, -0.2) is 23.2 Å². The average molecular weight is 765 g/mol. The molecule has 1 saturated heterocycles. The van der Waals surface area contributed by atoms with Crippen molar-refractivity contribution in [2.24, 2.45) is 5.92 Å². The van der Waals surface area contributed by atoms with Gasteiger partial charge in [0.15, 0.2) is 0 Å². The van der Waals surface area contributed by atoms with Crippen LogP contribution in [0, 0.1) is 12.8 Å². The lowest BCUT2D eigenvalue weighted by atomic mass is 10.1. The number of aryl methyl sites for hydroxylation is 1. The van der Waals surface area contributed by atoms with Gasteiger partial charge in [-0.3, -0.25) is 14.3 Å². The third-order valence-electron chi connectivity index (χ3n) is 11.2. The Labute approximate surface area is 314 Å². The van der Waals surface area contributed by atoms with Crippen LogP contribution < -0.4 is 19.5 Å². The fraction of sp³-hybridized carbons (Fsp3) is 0.553. The molecule has 0 unspecified atom stereocenters. The van der Waals surface area contributed by atoms with E-state index in [0.717, 1.165) is 40.9 Å². The lowest BCUT2D eigenvalue weighted by Crippen LogP contribution is -2.58. The Morgan fingerprint density at radius 1 is 1.15 bits per heavy atom. The first-order valence-electron chi connectivity index (χ1n) is 18.3. The summed E-state index contributed by atoms with van der Waals surface area (Å²) in [5.74, 6) is 0.110. The van der Waals surface area contributed by atoms with Crippen molar-refractivity contribution in [2.75, 3.05) is 27.2 Å². The molecular weight excluding hydrogens is 717 g/mol. The molecule has 4 aliphatic rings. The van der Waals surface area contributed by atoms with E-state index < -0.39 is 44.4 Å². The standard InChI is InChI=1S/C38H48N6O7S2/c1-22(2)28-21-52-33(40-28)27-18-31(26-12-13-30(50-6)23(3)32(26)39-27)51-25-17-29-34(45)43(5)16-10-8-7-9-11-24-19-38(24,41-36(47)44(29)20-25)35(46)42-53(48,49)37(4)14-15-37/h9,11-13,18,21-22,24-25,29H,7-8,10,14-17,19-20H2,1-6H3,(H,41,47)(H,42,46)/b11-9+/t24-,25+,29+,38-/m1/s1. The number of carbonyl (C=O) groups excluding carboxylic acids is 3.